The van der Waals surface area contributed by atoms with Crippen molar-refractivity contribution < 1.29 is 21.1 Å². The first-order chi connectivity index (χ1) is 14.9. The van der Waals surface area contributed by atoms with Crippen molar-refractivity contribution >= 4 is 32.6 Å². The number of rotatable bonds is 2. The first-order valence-electron chi connectivity index (χ1n) is 9.83. The van der Waals surface area contributed by atoms with Crippen LogP contribution in [0.1, 0.15) is 0 Å². The van der Waals surface area contributed by atoms with Crippen LogP contribution in [0.3, 0.4) is 0 Å². The van der Waals surface area contributed by atoms with Crippen molar-refractivity contribution in [2.24, 2.45) is 0 Å². The summed E-state index contributed by atoms with van der Waals surface area (Å²) in [6.07, 6.45) is 3.62. The topological polar surface area (TPSA) is 51.6 Å². The molecular formula is C26H16N4Pt. The van der Waals surface area contributed by atoms with Crippen molar-refractivity contribution in [1.29, 1.82) is 0 Å². The standard InChI is InChI=1S/C26H16N4.Pt/c1-2-15-27-20(6-1)21-7-3-8-22(29-21)23-14-13-19-12-10-17-9-11-18-5-4-16-28-25(18)24(17)26(19)30-23;/h1-16H;. The van der Waals surface area contributed by atoms with Crippen LogP contribution in [0.4, 0.5) is 0 Å². The van der Waals surface area contributed by atoms with Gasteiger partial charge in [-0.05, 0) is 41.8 Å². The molecule has 0 aliphatic heterocycles. The Morgan fingerprint density at radius 2 is 1.06 bits per heavy atom. The Hall–Kier alpha value is -3.49. The van der Waals surface area contributed by atoms with Gasteiger partial charge in [-0.15, -0.1) is 0 Å². The van der Waals surface area contributed by atoms with E-state index in [4.69, 9.17) is 9.97 Å². The smallest absolute Gasteiger partial charge is 0.0894 e. The van der Waals surface area contributed by atoms with E-state index < -0.39 is 0 Å². The minimum atomic E-state index is 0. The summed E-state index contributed by atoms with van der Waals surface area (Å²) in [6, 6.07) is 28.5. The van der Waals surface area contributed by atoms with Crippen LogP contribution in [-0.2, 0) is 21.1 Å². The van der Waals surface area contributed by atoms with Crippen molar-refractivity contribution in [3.05, 3.63) is 97.3 Å². The third kappa shape index (κ3) is 3.39. The van der Waals surface area contributed by atoms with Gasteiger partial charge in [-0.25, -0.2) is 9.97 Å². The summed E-state index contributed by atoms with van der Waals surface area (Å²) in [4.78, 5) is 18.9. The van der Waals surface area contributed by atoms with Gasteiger partial charge in [0.1, 0.15) is 0 Å². The number of nitrogens with zero attached hydrogens (tertiary/aromatic N) is 4. The van der Waals surface area contributed by atoms with E-state index in [9.17, 15) is 0 Å². The van der Waals surface area contributed by atoms with E-state index in [1.54, 1.807) is 6.20 Å². The fourth-order valence-electron chi connectivity index (χ4n) is 3.91. The predicted octanol–water partition coefficient (Wildman–Crippen LogP) is 6.06. The summed E-state index contributed by atoms with van der Waals surface area (Å²) in [6.45, 7) is 0. The second kappa shape index (κ2) is 7.97. The molecule has 0 amide bonds. The Morgan fingerprint density at radius 3 is 1.87 bits per heavy atom. The minimum absolute atomic E-state index is 0. The zero-order valence-electron chi connectivity index (χ0n) is 16.3. The van der Waals surface area contributed by atoms with Gasteiger partial charge in [0.05, 0.1) is 33.8 Å². The van der Waals surface area contributed by atoms with E-state index in [-0.39, 0.29) is 21.1 Å². The van der Waals surface area contributed by atoms with Crippen molar-refractivity contribution in [2.45, 2.75) is 0 Å². The first kappa shape index (κ1) is 19.5. The van der Waals surface area contributed by atoms with Gasteiger partial charge in [0.2, 0.25) is 0 Å². The minimum Gasteiger partial charge on any atom is -0.256 e. The zero-order chi connectivity index (χ0) is 19.9. The zero-order valence-corrected chi connectivity index (χ0v) is 18.6. The van der Waals surface area contributed by atoms with Crippen molar-refractivity contribution in [3.8, 4) is 22.8 Å². The Bertz CT molecular complexity index is 1540. The molecule has 0 N–H and O–H groups in total. The molecule has 0 spiro atoms. The van der Waals surface area contributed by atoms with E-state index in [0.717, 1.165) is 55.4 Å². The van der Waals surface area contributed by atoms with Gasteiger partial charge in [-0.1, -0.05) is 48.5 Å². The summed E-state index contributed by atoms with van der Waals surface area (Å²) in [5, 5.41) is 4.41. The van der Waals surface area contributed by atoms with E-state index in [2.05, 4.69) is 46.4 Å². The van der Waals surface area contributed by atoms with Gasteiger partial charge in [0.25, 0.3) is 0 Å². The van der Waals surface area contributed by atoms with Crippen LogP contribution in [0.15, 0.2) is 97.3 Å². The normalized spacial score (nSPS) is 11.0. The van der Waals surface area contributed by atoms with Crippen molar-refractivity contribution in [3.63, 3.8) is 0 Å². The van der Waals surface area contributed by atoms with Crippen LogP contribution >= 0.6 is 0 Å². The first-order valence-corrected chi connectivity index (χ1v) is 9.83. The van der Waals surface area contributed by atoms with Crippen LogP contribution in [0.5, 0.6) is 0 Å². The number of aromatic nitrogens is 4. The summed E-state index contributed by atoms with van der Waals surface area (Å²) in [5.74, 6) is 0. The number of benzene rings is 2. The fraction of sp³-hybridized carbons (Fsp3) is 0. The molecule has 0 aliphatic carbocycles. The van der Waals surface area contributed by atoms with Crippen molar-refractivity contribution in [1.82, 2.24) is 19.9 Å². The average Bonchev–Trinajstić information content (AvgIpc) is 2.84. The molecule has 0 fully saturated rings. The monoisotopic (exact) mass is 579 g/mol. The number of fused-ring (bicyclic) bond motifs is 5. The maximum absolute atomic E-state index is 5.04. The van der Waals surface area contributed by atoms with Gasteiger partial charge >= 0.3 is 0 Å². The molecule has 0 radical (unpaired) electrons. The second-order valence-corrected chi connectivity index (χ2v) is 7.20. The van der Waals surface area contributed by atoms with E-state index in [0.29, 0.717) is 0 Å². The van der Waals surface area contributed by atoms with Gasteiger partial charge < -0.3 is 0 Å². The van der Waals surface area contributed by atoms with Crippen LogP contribution in [0.25, 0.3) is 55.4 Å². The van der Waals surface area contributed by atoms with Crippen molar-refractivity contribution in [2.75, 3.05) is 0 Å². The molecule has 4 nitrogen and oxygen atoms in total. The molecule has 6 aromatic rings. The maximum atomic E-state index is 5.04. The molecule has 31 heavy (non-hydrogen) atoms. The molecule has 0 aliphatic rings. The molecule has 4 heterocycles. The van der Waals surface area contributed by atoms with E-state index in [1.165, 1.54) is 0 Å². The molecule has 5 heteroatoms. The fourth-order valence-corrected chi connectivity index (χ4v) is 3.91. The van der Waals surface area contributed by atoms with Gasteiger partial charge in [-0.2, -0.15) is 0 Å². The second-order valence-electron chi connectivity index (χ2n) is 7.20. The maximum Gasteiger partial charge on any atom is 0.0894 e. The summed E-state index contributed by atoms with van der Waals surface area (Å²) in [5.41, 5.74) is 5.26. The average molecular weight is 580 g/mol. The van der Waals surface area contributed by atoms with Crippen LogP contribution in [0, 0.1) is 0 Å². The molecule has 0 saturated heterocycles. The molecule has 4 aromatic heterocycles. The largest absolute Gasteiger partial charge is 0.256 e. The van der Waals surface area contributed by atoms with Crippen LogP contribution in [0.2, 0.25) is 0 Å². The molecule has 0 bridgehead atoms. The molecular weight excluding hydrogens is 563 g/mol. The Kier molecular flexibility index (Phi) is 5.01. The van der Waals surface area contributed by atoms with Gasteiger partial charge in [0.15, 0.2) is 0 Å². The van der Waals surface area contributed by atoms with Crippen LogP contribution < -0.4 is 0 Å². The Labute approximate surface area is 193 Å². The summed E-state index contributed by atoms with van der Waals surface area (Å²) < 4.78 is 0. The van der Waals surface area contributed by atoms with Gasteiger partial charge in [0, 0.05) is 49.6 Å². The summed E-state index contributed by atoms with van der Waals surface area (Å²) in [7, 11) is 0. The third-order valence-corrected chi connectivity index (χ3v) is 5.35. The molecule has 0 saturated carbocycles. The Morgan fingerprint density at radius 1 is 0.419 bits per heavy atom. The molecule has 0 atom stereocenters. The van der Waals surface area contributed by atoms with Gasteiger partial charge in [-0.3, -0.25) is 9.97 Å². The SMILES string of the molecule is [Pt].c1ccc(-c2cccc(-c3ccc4ccc5ccc6cccnc6c5c4n3)n2)nc1. The molecule has 150 valence electrons. The van der Waals surface area contributed by atoms with E-state index >= 15 is 0 Å². The number of pyridine rings is 4. The molecule has 6 rings (SSSR count). The van der Waals surface area contributed by atoms with Crippen LogP contribution in [-0.4, -0.2) is 19.9 Å². The number of hydrogen-bond acceptors (Lipinski definition) is 4. The summed E-state index contributed by atoms with van der Waals surface area (Å²) >= 11 is 0. The molecule has 0 unspecified atom stereocenters. The predicted molar refractivity (Wildman–Crippen MR) is 121 cm³/mol. The van der Waals surface area contributed by atoms with E-state index in [1.807, 2.05) is 54.7 Å². The Balaban J connectivity index is 0.00000204. The molecule has 2 aromatic carbocycles. The third-order valence-electron chi connectivity index (χ3n) is 5.35. The quantitative estimate of drug-likeness (QED) is 0.234. The number of hydrogen-bond donors (Lipinski definition) is 0.